The molecule has 0 saturated carbocycles. The van der Waals surface area contributed by atoms with Gasteiger partial charge in [-0.15, -0.1) is 0 Å². The zero-order chi connectivity index (χ0) is 20.5. The van der Waals surface area contributed by atoms with Gasteiger partial charge in [0.1, 0.15) is 22.8 Å². The van der Waals surface area contributed by atoms with Crippen LogP contribution >= 0.6 is 11.6 Å². The molecule has 2 aromatic carbocycles. The van der Waals surface area contributed by atoms with E-state index < -0.39 is 11.7 Å². The van der Waals surface area contributed by atoms with Crippen LogP contribution in [0.1, 0.15) is 44.4 Å². The van der Waals surface area contributed by atoms with E-state index in [1.54, 1.807) is 26.2 Å². The van der Waals surface area contributed by atoms with E-state index in [0.717, 1.165) is 22.6 Å². The molecule has 3 rings (SSSR count). The van der Waals surface area contributed by atoms with E-state index in [2.05, 4.69) is 5.32 Å². The summed E-state index contributed by atoms with van der Waals surface area (Å²) in [5.74, 6) is 1.90. The number of benzene rings is 2. The monoisotopic (exact) mass is 403 g/mol. The minimum atomic E-state index is -0.652. The smallest absolute Gasteiger partial charge is 0.261 e. The quantitative estimate of drug-likeness (QED) is 0.775. The van der Waals surface area contributed by atoms with E-state index in [-0.39, 0.29) is 11.9 Å². The molecule has 28 heavy (non-hydrogen) atoms. The molecule has 2 unspecified atom stereocenters. The fourth-order valence-electron chi connectivity index (χ4n) is 3.33. The van der Waals surface area contributed by atoms with Gasteiger partial charge in [0.05, 0.1) is 13.2 Å². The highest BCUT2D eigenvalue weighted by Crippen LogP contribution is 2.41. The molecule has 1 aliphatic heterocycles. The Balaban J connectivity index is 1.76. The van der Waals surface area contributed by atoms with E-state index in [9.17, 15) is 4.79 Å². The average Bonchev–Trinajstić information content (AvgIpc) is 2.63. The number of carbonyl (C=O) groups is 1. The van der Waals surface area contributed by atoms with Crippen LogP contribution in [0.3, 0.4) is 0 Å². The summed E-state index contributed by atoms with van der Waals surface area (Å²) in [4.78, 5) is 12.8. The Kier molecular flexibility index (Phi) is 5.75. The Labute approximate surface area is 170 Å². The Morgan fingerprint density at radius 1 is 1.25 bits per heavy atom. The van der Waals surface area contributed by atoms with Crippen molar-refractivity contribution in [1.82, 2.24) is 5.32 Å². The lowest BCUT2D eigenvalue weighted by Crippen LogP contribution is -2.44. The first-order valence-electron chi connectivity index (χ1n) is 9.28. The molecule has 1 N–H and O–H groups in total. The minimum absolute atomic E-state index is 0.191. The number of aryl methyl sites for hydroxylation is 1. The molecule has 1 aliphatic rings. The van der Waals surface area contributed by atoms with Gasteiger partial charge in [-0.3, -0.25) is 4.79 Å². The van der Waals surface area contributed by atoms with E-state index in [0.29, 0.717) is 17.2 Å². The third-order valence-electron chi connectivity index (χ3n) is 4.80. The second-order valence-corrected chi connectivity index (χ2v) is 8.11. The van der Waals surface area contributed by atoms with Crippen molar-refractivity contribution < 1.29 is 19.0 Å². The lowest BCUT2D eigenvalue weighted by atomic mass is 9.89. The molecule has 0 aliphatic carbocycles. The highest BCUT2D eigenvalue weighted by atomic mass is 35.5. The molecule has 5 nitrogen and oxygen atoms in total. The first kappa shape index (κ1) is 20.3. The number of hydrogen-bond donors (Lipinski definition) is 1. The number of nitrogens with one attached hydrogen (secondary N) is 1. The molecular weight excluding hydrogens is 378 g/mol. The van der Waals surface area contributed by atoms with Gasteiger partial charge >= 0.3 is 0 Å². The number of hydrogen-bond acceptors (Lipinski definition) is 4. The molecule has 150 valence electrons. The minimum Gasteiger partial charge on any atom is -0.497 e. The van der Waals surface area contributed by atoms with Crippen LogP contribution in [0.4, 0.5) is 0 Å². The Hall–Kier alpha value is -2.40. The first-order chi connectivity index (χ1) is 13.2. The number of methoxy groups -OCH3 is 1. The van der Waals surface area contributed by atoms with Crippen LogP contribution in [-0.2, 0) is 4.79 Å². The van der Waals surface area contributed by atoms with Gasteiger partial charge in [-0.05, 0) is 69.7 Å². The van der Waals surface area contributed by atoms with E-state index in [1.165, 1.54) is 0 Å². The van der Waals surface area contributed by atoms with Crippen molar-refractivity contribution >= 4 is 17.5 Å². The van der Waals surface area contributed by atoms with Crippen LogP contribution in [0.2, 0.25) is 5.02 Å². The Bertz CT molecular complexity index is 881. The average molecular weight is 404 g/mol. The Morgan fingerprint density at radius 3 is 2.64 bits per heavy atom. The largest absolute Gasteiger partial charge is 0.497 e. The predicted octanol–water partition coefficient (Wildman–Crippen LogP) is 4.84. The van der Waals surface area contributed by atoms with Gasteiger partial charge in [0.15, 0.2) is 6.10 Å². The number of carbonyl (C=O) groups excluding carboxylic acids is 1. The van der Waals surface area contributed by atoms with E-state index >= 15 is 0 Å². The topological polar surface area (TPSA) is 56.8 Å². The van der Waals surface area contributed by atoms with Crippen molar-refractivity contribution in [3.05, 3.63) is 52.5 Å². The highest BCUT2D eigenvalue weighted by Gasteiger charge is 2.35. The number of fused-ring (bicyclic) bond motifs is 1. The van der Waals surface area contributed by atoms with Gasteiger partial charge in [-0.1, -0.05) is 11.6 Å². The lowest BCUT2D eigenvalue weighted by Gasteiger charge is -2.38. The van der Waals surface area contributed by atoms with Crippen molar-refractivity contribution in [2.24, 2.45) is 0 Å². The van der Waals surface area contributed by atoms with Crippen molar-refractivity contribution in [2.45, 2.75) is 51.9 Å². The highest BCUT2D eigenvalue weighted by molar-refractivity contribution is 6.31. The standard InChI is InChI=1S/C22H26ClNO4/c1-13-10-16(6-8-18(13)23)27-14(2)21(25)24-19-12-22(3,4)28-20-9-7-15(26-5)11-17(19)20/h6-11,14,19H,12H2,1-5H3,(H,24,25). The fourth-order valence-corrected chi connectivity index (χ4v) is 3.44. The van der Waals surface area contributed by atoms with Crippen molar-refractivity contribution in [2.75, 3.05) is 7.11 Å². The zero-order valence-electron chi connectivity index (χ0n) is 16.8. The third-order valence-corrected chi connectivity index (χ3v) is 5.23. The summed E-state index contributed by atoms with van der Waals surface area (Å²) in [6.45, 7) is 7.65. The molecule has 1 heterocycles. The number of ether oxygens (including phenoxy) is 3. The van der Waals surface area contributed by atoms with Crippen LogP contribution in [0, 0.1) is 6.92 Å². The first-order valence-corrected chi connectivity index (χ1v) is 9.66. The van der Waals surface area contributed by atoms with Crippen LogP contribution in [0.15, 0.2) is 36.4 Å². The molecule has 2 atom stereocenters. The van der Waals surface area contributed by atoms with Crippen molar-refractivity contribution in [3.63, 3.8) is 0 Å². The summed E-state index contributed by atoms with van der Waals surface area (Å²) in [5.41, 5.74) is 1.41. The molecule has 2 aromatic rings. The number of halogens is 1. The third kappa shape index (κ3) is 4.53. The van der Waals surface area contributed by atoms with Crippen LogP contribution in [-0.4, -0.2) is 24.7 Å². The summed E-state index contributed by atoms with van der Waals surface area (Å²) in [6, 6.07) is 10.8. The maximum Gasteiger partial charge on any atom is 0.261 e. The molecule has 0 fully saturated rings. The van der Waals surface area contributed by atoms with Crippen molar-refractivity contribution in [3.8, 4) is 17.2 Å². The normalized spacial score (nSPS) is 18.4. The Morgan fingerprint density at radius 2 is 1.96 bits per heavy atom. The summed E-state index contributed by atoms with van der Waals surface area (Å²) >= 11 is 6.05. The SMILES string of the molecule is COc1ccc2c(c1)C(NC(=O)C(C)Oc1ccc(Cl)c(C)c1)CC(C)(C)O2. The second-order valence-electron chi connectivity index (χ2n) is 7.70. The van der Waals surface area contributed by atoms with Crippen LogP contribution in [0.5, 0.6) is 17.2 Å². The number of amides is 1. The summed E-state index contributed by atoms with van der Waals surface area (Å²) in [5, 5.41) is 3.77. The van der Waals surface area contributed by atoms with Crippen molar-refractivity contribution in [1.29, 1.82) is 0 Å². The molecule has 0 radical (unpaired) electrons. The molecule has 1 amide bonds. The maximum absolute atomic E-state index is 12.8. The van der Waals surface area contributed by atoms with Gasteiger partial charge in [-0.25, -0.2) is 0 Å². The van der Waals surface area contributed by atoms with Gasteiger partial charge in [0.2, 0.25) is 0 Å². The molecule has 0 saturated heterocycles. The lowest BCUT2D eigenvalue weighted by molar-refractivity contribution is -0.128. The van der Waals surface area contributed by atoms with Crippen LogP contribution < -0.4 is 19.5 Å². The number of rotatable bonds is 5. The molecule has 0 bridgehead atoms. The zero-order valence-corrected chi connectivity index (χ0v) is 17.6. The second kappa shape index (κ2) is 7.92. The maximum atomic E-state index is 12.8. The van der Waals surface area contributed by atoms with Gasteiger partial charge in [0.25, 0.3) is 5.91 Å². The summed E-state index contributed by atoms with van der Waals surface area (Å²) in [7, 11) is 1.62. The van der Waals surface area contributed by atoms with E-state index in [4.69, 9.17) is 25.8 Å². The fraction of sp³-hybridized carbons (Fsp3) is 0.409. The van der Waals surface area contributed by atoms with Gasteiger partial charge < -0.3 is 19.5 Å². The predicted molar refractivity (Wildman–Crippen MR) is 109 cm³/mol. The summed E-state index contributed by atoms with van der Waals surface area (Å²) < 4.78 is 17.2. The van der Waals surface area contributed by atoms with Gasteiger partial charge in [-0.2, -0.15) is 0 Å². The molecule has 0 aromatic heterocycles. The van der Waals surface area contributed by atoms with Gasteiger partial charge in [0, 0.05) is 17.0 Å². The van der Waals surface area contributed by atoms with E-state index in [1.807, 2.05) is 45.0 Å². The molecular formula is C22H26ClNO4. The molecule has 6 heteroatoms. The summed E-state index contributed by atoms with van der Waals surface area (Å²) in [6.07, 6.45) is -0.00771. The van der Waals surface area contributed by atoms with Crippen LogP contribution in [0.25, 0.3) is 0 Å². The molecule has 0 spiro atoms.